The Hall–Kier alpha value is -4.40. The summed E-state index contributed by atoms with van der Waals surface area (Å²) in [5, 5.41) is 8.73. The molecule has 0 saturated carbocycles. The summed E-state index contributed by atoms with van der Waals surface area (Å²) >= 11 is 12.0. The standard InChI is InChI=1S/C28H21Cl2N3O5/c1-2-37-25-14-17(10-13-24(25)38-28(36)21-12-11-19(29)15-22(21)30)16-31-33-27(35)26(34)32-23-9-5-7-18-6-3-4-8-20(18)23/h3-16H,2H2,1H3,(H,32,34)(H,33,35)/b31-16-. The van der Waals surface area contributed by atoms with Crippen molar-refractivity contribution in [3.05, 3.63) is 100 Å². The van der Waals surface area contributed by atoms with E-state index in [1.807, 2.05) is 30.3 Å². The zero-order valence-corrected chi connectivity index (χ0v) is 21.5. The van der Waals surface area contributed by atoms with Crippen molar-refractivity contribution >= 4 is 63.7 Å². The highest BCUT2D eigenvalue weighted by molar-refractivity contribution is 6.40. The van der Waals surface area contributed by atoms with E-state index in [0.29, 0.717) is 22.9 Å². The number of benzene rings is 4. The molecule has 0 saturated heterocycles. The second-order valence-electron chi connectivity index (χ2n) is 7.83. The van der Waals surface area contributed by atoms with Gasteiger partial charge in [0.15, 0.2) is 11.5 Å². The van der Waals surface area contributed by atoms with Gasteiger partial charge in [-0.1, -0.05) is 59.6 Å². The van der Waals surface area contributed by atoms with Crippen LogP contribution in [-0.2, 0) is 9.59 Å². The number of nitrogens with zero attached hydrogens (tertiary/aromatic N) is 1. The maximum Gasteiger partial charge on any atom is 0.345 e. The highest BCUT2D eigenvalue weighted by Gasteiger charge is 2.17. The molecule has 0 spiro atoms. The van der Waals surface area contributed by atoms with Crippen LogP contribution < -0.4 is 20.2 Å². The molecule has 0 aliphatic rings. The molecule has 4 aromatic rings. The van der Waals surface area contributed by atoms with Crippen LogP contribution in [0.1, 0.15) is 22.8 Å². The number of ether oxygens (including phenoxy) is 2. The summed E-state index contributed by atoms with van der Waals surface area (Å²) in [5.74, 6) is -2.05. The van der Waals surface area contributed by atoms with Crippen LogP contribution in [0.15, 0.2) is 84.0 Å². The van der Waals surface area contributed by atoms with Crippen LogP contribution in [0.3, 0.4) is 0 Å². The Morgan fingerprint density at radius 1 is 0.895 bits per heavy atom. The fraction of sp³-hybridized carbons (Fsp3) is 0.0714. The van der Waals surface area contributed by atoms with Gasteiger partial charge in [-0.15, -0.1) is 0 Å². The molecule has 0 aromatic heterocycles. The summed E-state index contributed by atoms with van der Waals surface area (Å²) < 4.78 is 11.0. The van der Waals surface area contributed by atoms with Gasteiger partial charge >= 0.3 is 17.8 Å². The molecule has 0 heterocycles. The van der Waals surface area contributed by atoms with E-state index in [0.717, 1.165) is 10.8 Å². The van der Waals surface area contributed by atoms with Gasteiger partial charge in [-0.3, -0.25) is 9.59 Å². The molecule has 192 valence electrons. The smallest absolute Gasteiger partial charge is 0.345 e. The van der Waals surface area contributed by atoms with Crippen LogP contribution in [0.2, 0.25) is 10.0 Å². The predicted molar refractivity (Wildman–Crippen MR) is 147 cm³/mol. The largest absolute Gasteiger partial charge is 0.490 e. The number of carbonyl (C=O) groups excluding carboxylic acids is 3. The van der Waals surface area contributed by atoms with E-state index in [1.54, 1.807) is 31.2 Å². The number of halogens is 2. The first-order valence-electron chi connectivity index (χ1n) is 11.4. The third-order valence-corrected chi connectivity index (χ3v) is 5.79. The van der Waals surface area contributed by atoms with Gasteiger partial charge in [-0.2, -0.15) is 5.10 Å². The molecular formula is C28H21Cl2N3O5. The number of hydrogen-bond acceptors (Lipinski definition) is 6. The fourth-order valence-electron chi connectivity index (χ4n) is 3.50. The number of nitrogens with one attached hydrogen (secondary N) is 2. The molecular weight excluding hydrogens is 529 g/mol. The Morgan fingerprint density at radius 2 is 1.68 bits per heavy atom. The van der Waals surface area contributed by atoms with Gasteiger partial charge in [0.05, 0.1) is 23.4 Å². The van der Waals surface area contributed by atoms with Crippen molar-refractivity contribution in [3.63, 3.8) is 0 Å². The molecule has 4 rings (SSSR count). The molecule has 2 N–H and O–H groups in total. The van der Waals surface area contributed by atoms with Crippen molar-refractivity contribution in [2.45, 2.75) is 6.92 Å². The van der Waals surface area contributed by atoms with E-state index in [2.05, 4.69) is 15.8 Å². The van der Waals surface area contributed by atoms with Crippen molar-refractivity contribution in [2.75, 3.05) is 11.9 Å². The van der Waals surface area contributed by atoms with E-state index in [4.69, 9.17) is 32.7 Å². The van der Waals surface area contributed by atoms with Crippen molar-refractivity contribution in [1.29, 1.82) is 0 Å². The lowest BCUT2D eigenvalue weighted by Crippen LogP contribution is -2.32. The molecule has 0 radical (unpaired) electrons. The molecule has 10 heteroatoms. The fourth-order valence-corrected chi connectivity index (χ4v) is 3.98. The average molecular weight is 550 g/mol. The third kappa shape index (κ3) is 6.47. The van der Waals surface area contributed by atoms with Crippen LogP contribution in [0.5, 0.6) is 11.5 Å². The minimum Gasteiger partial charge on any atom is -0.490 e. The number of fused-ring (bicyclic) bond motifs is 1. The summed E-state index contributed by atoms with van der Waals surface area (Å²) in [6.07, 6.45) is 1.33. The Morgan fingerprint density at radius 3 is 2.47 bits per heavy atom. The van der Waals surface area contributed by atoms with Crippen molar-refractivity contribution < 1.29 is 23.9 Å². The molecule has 0 atom stereocenters. The molecule has 0 bridgehead atoms. The molecule has 0 unspecified atom stereocenters. The molecule has 4 aromatic carbocycles. The van der Waals surface area contributed by atoms with E-state index < -0.39 is 17.8 Å². The van der Waals surface area contributed by atoms with Crippen molar-refractivity contribution in [3.8, 4) is 11.5 Å². The quantitative estimate of drug-likeness (QED) is 0.0987. The Kier molecular flexibility index (Phi) is 8.58. The monoisotopic (exact) mass is 549 g/mol. The van der Waals surface area contributed by atoms with Gasteiger partial charge < -0.3 is 14.8 Å². The Bertz CT molecular complexity index is 1550. The zero-order valence-electron chi connectivity index (χ0n) is 20.0. The Balaban J connectivity index is 1.41. The summed E-state index contributed by atoms with van der Waals surface area (Å²) in [4.78, 5) is 37.2. The minimum absolute atomic E-state index is 0.147. The van der Waals surface area contributed by atoms with Crippen molar-refractivity contribution in [1.82, 2.24) is 5.43 Å². The highest BCUT2D eigenvalue weighted by atomic mass is 35.5. The molecule has 8 nitrogen and oxygen atoms in total. The SMILES string of the molecule is CCOc1cc(/C=N\NC(=O)C(=O)Nc2cccc3ccccc23)ccc1OC(=O)c1ccc(Cl)cc1Cl. The first-order valence-corrected chi connectivity index (χ1v) is 12.2. The minimum atomic E-state index is -0.940. The Labute approximate surface area is 228 Å². The third-order valence-electron chi connectivity index (χ3n) is 5.25. The zero-order chi connectivity index (χ0) is 27.1. The number of carbonyl (C=O) groups is 3. The van der Waals surface area contributed by atoms with Crippen LogP contribution >= 0.6 is 23.2 Å². The van der Waals surface area contributed by atoms with Gasteiger partial charge in [0.2, 0.25) is 0 Å². The maximum atomic E-state index is 12.6. The van der Waals surface area contributed by atoms with E-state index in [9.17, 15) is 14.4 Å². The van der Waals surface area contributed by atoms with Crippen LogP contribution in [0.4, 0.5) is 5.69 Å². The van der Waals surface area contributed by atoms with Crippen LogP contribution in [0.25, 0.3) is 10.8 Å². The molecule has 38 heavy (non-hydrogen) atoms. The number of hydrogen-bond donors (Lipinski definition) is 2. The summed E-state index contributed by atoms with van der Waals surface area (Å²) in [5.41, 5.74) is 3.38. The lowest BCUT2D eigenvalue weighted by molar-refractivity contribution is -0.136. The van der Waals surface area contributed by atoms with E-state index in [1.165, 1.54) is 30.5 Å². The summed E-state index contributed by atoms with van der Waals surface area (Å²) in [7, 11) is 0. The highest BCUT2D eigenvalue weighted by Crippen LogP contribution is 2.30. The van der Waals surface area contributed by atoms with Crippen LogP contribution in [0, 0.1) is 0 Å². The number of esters is 1. The number of hydrazone groups is 1. The second-order valence-corrected chi connectivity index (χ2v) is 8.68. The lowest BCUT2D eigenvalue weighted by atomic mass is 10.1. The molecule has 2 amide bonds. The van der Waals surface area contributed by atoms with Crippen LogP contribution in [-0.4, -0.2) is 30.6 Å². The normalized spacial score (nSPS) is 10.8. The topological polar surface area (TPSA) is 106 Å². The number of rotatable bonds is 7. The molecule has 0 aliphatic carbocycles. The average Bonchev–Trinajstić information content (AvgIpc) is 2.90. The first kappa shape index (κ1) is 26.7. The number of anilines is 1. The second kappa shape index (κ2) is 12.2. The summed E-state index contributed by atoms with van der Waals surface area (Å²) in [6, 6.07) is 22.0. The first-order chi connectivity index (χ1) is 18.4. The van der Waals surface area contributed by atoms with Gasteiger partial charge in [-0.05, 0) is 60.3 Å². The van der Waals surface area contributed by atoms with E-state index >= 15 is 0 Å². The van der Waals surface area contributed by atoms with Gasteiger partial charge in [0, 0.05) is 16.1 Å². The number of amides is 2. The van der Waals surface area contributed by atoms with E-state index in [-0.39, 0.29) is 22.1 Å². The predicted octanol–water partition coefficient (Wildman–Crippen LogP) is 5.85. The molecule has 0 fully saturated rings. The van der Waals surface area contributed by atoms with Gasteiger partial charge in [0.1, 0.15) is 0 Å². The maximum absolute atomic E-state index is 12.6. The van der Waals surface area contributed by atoms with Gasteiger partial charge in [0.25, 0.3) is 0 Å². The lowest BCUT2D eigenvalue weighted by Gasteiger charge is -2.12. The summed E-state index contributed by atoms with van der Waals surface area (Å²) in [6.45, 7) is 2.08. The van der Waals surface area contributed by atoms with Crippen molar-refractivity contribution in [2.24, 2.45) is 5.10 Å². The molecule has 0 aliphatic heterocycles. The van der Waals surface area contributed by atoms with Gasteiger partial charge in [-0.25, -0.2) is 10.2 Å².